The minimum Gasteiger partial charge on any atom is -0.427 e. The SMILES string of the molecule is CC.CPc1ccc(-c2ccc(OC(=O)CCCc3ccc(C)cc3)cc2)cc1. The van der Waals surface area contributed by atoms with Crippen LogP contribution in [0.4, 0.5) is 0 Å². The fourth-order valence-corrected chi connectivity index (χ4v) is 3.42. The number of esters is 1. The van der Waals surface area contributed by atoms with Gasteiger partial charge in [-0.1, -0.05) is 88.7 Å². The number of hydrogen-bond donors (Lipinski definition) is 0. The summed E-state index contributed by atoms with van der Waals surface area (Å²) in [6.07, 6.45) is 2.11. The Morgan fingerprint density at radius 1 is 0.828 bits per heavy atom. The molecule has 0 aliphatic rings. The van der Waals surface area contributed by atoms with Crippen LogP contribution >= 0.6 is 8.58 Å². The first-order valence-corrected chi connectivity index (χ1v) is 11.8. The van der Waals surface area contributed by atoms with Gasteiger partial charge in [0.15, 0.2) is 0 Å². The largest absolute Gasteiger partial charge is 0.427 e. The molecule has 0 amide bonds. The lowest BCUT2D eigenvalue weighted by Gasteiger charge is -2.07. The third-order valence-electron chi connectivity index (χ3n) is 4.56. The summed E-state index contributed by atoms with van der Waals surface area (Å²) in [5, 5.41) is 1.36. The first kappa shape index (κ1) is 22.8. The van der Waals surface area contributed by atoms with Crippen molar-refractivity contribution in [3.8, 4) is 16.9 Å². The standard InChI is InChI=1S/C24H25O2P.C2H6/c1-18-6-8-19(9-7-18)4-3-5-24(25)26-22-14-10-20(11-15-22)21-12-16-23(27-2)17-13-21;1-2/h6-17,27H,3-5H2,1-2H3;1-2H3. The second-order valence-electron chi connectivity index (χ2n) is 6.66. The molecular weight excluding hydrogens is 375 g/mol. The highest BCUT2D eigenvalue weighted by Gasteiger charge is 2.06. The summed E-state index contributed by atoms with van der Waals surface area (Å²) in [6, 6.07) is 24.8. The van der Waals surface area contributed by atoms with E-state index in [0.717, 1.165) is 27.0 Å². The summed E-state index contributed by atoms with van der Waals surface area (Å²) in [5.41, 5.74) is 4.81. The highest BCUT2D eigenvalue weighted by Crippen LogP contribution is 2.23. The van der Waals surface area contributed by atoms with Crippen LogP contribution in [0.3, 0.4) is 0 Å². The van der Waals surface area contributed by atoms with Crippen LogP contribution in [0.2, 0.25) is 0 Å². The van der Waals surface area contributed by atoms with Crippen LogP contribution in [0.25, 0.3) is 11.1 Å². The molecule has 0 bridgehead atoms. The van der Waals surface area contributed by atoms with Crippen molar-refractivity contribution >= 4 is 19.9 Å². The van der Waals surface area contributed by atoms with Crippen molar-refractivity contribution in [1.82, 2.24) is 0 Å². The quantitative estimate of drug-likeness (QED) is 0.253. The van der Waals surface area contributed by atoms with E-state index < -0.39 is 0 Å². The monoisotopic (exact) mass is 406 g/mol. The summed E-state index contributed by atoms with van der Waals surface area (Å²) >= 11 is 0. The van der Waals surface area contributed by atoms with Gasteiger partial charge in [-0.25, -0.2) is 0 Å². The molecule has 0 saturated carbocycles. The minimum atomic E-state index is -0.178. The number of carbonyl (C=O) groups is 1. The van der Waals surface area contributed by atoms with E-state index in [-0.39, 0.29) is 5.97 Å². The Bertz CT molecular complexity index is 866. The normalized spacial score (nSPS) is 10.5. The van der Waals surface area contributed by atoms with Crippen LogP contribution in [-0.2, 0) is 11.2 Å². The summed E-state index contributed by atoms with van der Waals surface area (Å²) in [5.74, 6) is 0.425. The van der Waals surface area contributed by atoms with E-state index in [9.17, 15) is 4.79 Å². The fourth-order valence-electron chi connectivity index (χ4n) is 2.92. The Hall–Kier alpha value is -2.44. The van der Waals surface area contributed by atoms with Crippen LogP contribution in [0.15, 0.2) is 72.8 Å². The average Bonchev–Trinajstić information content (AvgIpc) is 2.77. The molecule has 1 unspecified atom stereocenters. The highest BCUT2D eigenvalue weighted by molar-refractivity contribution is 7.46. The number of benzene rings is 3. The van der Waals surface area contributed by atoms with Crippen LogP contribution in [0.5, 0.6) is 5.75 Å². The molecule has 0 heterocycles. The Kier molecular flexibility index (Phi) is 9.60. The maximum absolute atomic E-state index is 12.1. The molecule has 29 heavy (non-hydrogen) atoms. The van der Waals surface area contributed by atoms with Gasteiger partial charge in [-0.05, 0) is 60.6 Å². The lowest BCUT2D eigenvalue weighted by atomic mass is 10.1. The van der Waals surface area contributed by atoms with Gasteiger partial charge < -0.3 is 4.74 Å². The van der Waals surface area contributed by atoms with Crippen molar-refractivity contribution in [3.05, 3.63) is 83.9 Å². The lowest BCUT2D eigenvalue weighted by molar-refractivity contribution is -0.134. The zero-order chi connectivity index (χ0) is 21.1. The molecule has 3 rings (SSSR count). The molecular formula is C26H31O2P. The molecule has 0 aromatic heterocycles. The molecule has 0 radical (unpaired) electrons. The van der Waals surface area contributed by atoms with Gasteiger partial charge in [0.2, 0.25) is 0 Å². The van der Waals surface area contributed by atoms with Gasteiger partial charge in [0.1, 0.15) is 5.75 Å². The predicted octanol–water partition coefficient (Wildman–Crippen LogP) is 6.55. The second-order valence-corrected chi connectivity index (χ2v) is 7.74. The van der Waals surface area contributed by atoms with E-state index >= 15 is 0 Å². The third kappa shape index (κ3) is 7.48. The molecule has 0 saturated heterocycles. The Morgan fingerprint density at radius 3 is 1.93 bits per heavy atom. The Morgan fingerprint density at radius 2 is 1.38 bits per heavy atom. The van der Waals surface area contributed by atoms with Crippen LogP contribution < -0.4 is 10.0 Å². The maximum atomic E-state index is 12.1. The third-order valence-corrected chi connectivity index (χ3v) is 5.47. The smallest absolute Gasteiger partial charge is 0.311 e. The van der Waals surface area contributed by atoms with E-state index in [1.165, 1.54) is 22.0 Å². The van der Waals surface area contributed by atoms with Crippen molar-refractivity contribution in [2.24, 2.45) is 0 Å². The van der Waals surface area contributed by atoms with Gasteiger partial charge in [-0.15, -0.1) is 0 Å². The predicted molar refractivity (Wildman–Crippen MR) is 127 cm³/mol. The lowest BCUT2D eigenvalue weighted by Crippen LogP contribution is -2.08. The van der Waals surface area contributed by atoms with Gasteiger partial charge in [-0.3, -0.25) is 4.79 Å². The van der Waals surface area contributed by atoms with E-state index in [2.05, 4.69) is 62.1 Å². The second kappa shape index (κ2) is 12.2. The van der Waals surface area contributed by atoms with E-state index in [0.29, 0.717) is 12.2 Å². The van der Waals surface area contributed by atoms with Crippen molar-refractivity contribution in [2.75, 3.05) is 6.66 Å². The van der Waals surface area contributed by atoms with E-state index in [1.54, 1.807) is 0 Å². The van der Waals surface area contributed by atoms with Crippen LogP contribution in [0.1, 0.15) is 37.8 Å². The van der Waals surface area contributed by atoms with Gasteiger partial charge >= 0.3 is 5.97 Å². The zero-order valence-electron chi connectivity index (χ0n) is 17.9. The Labute approximate surface area is 177 Å². The minimum absolute atomic E-state index is 0.178. The number of aryl methyl sites for hydroxylation is 2. The summed E-state index contributed by atoms with van der Waals surface area (Å²) < 4.78 is 5.46. The van der Waals surface area contributed by atoms with Crippen LogP contribution in [0, 0.1) is 6.92 Å². The number of rotatable bonds is 7. The summed E-state index contributed by atoms with van der Waals surface area (Å²) in [4.78, 5) is 12.1. The van der Waals surface area contributed by atoms with E-state index in [4.69, 9.17) is 4.74 Å². The molecule has 0 aliphatic carbocycles. The Balaban J connectivity index is 0.00000145. The molecule has 1 atom stereocenters. The van der Waals surface area contributed by atoms with Crippen LogP contribution in [-0.4, -0.2) is 12.6 Å². The molecule has 3 aromatic rings. The van der Waals surface area contributed by atoms with Crippen molar-refractivity contribution < 1.29 is 9.53 Å². The van der Waals surface area contributed by atoms with Gasteiger partial charge in [0, 0.05) is 6.42 Å². The number of carbonyl (C=O) groups excluding carboxylic acids is 1. The number of hydrogen-bond acceptors (Lipinski definition) is 2. The maximum Gasteiger partial charge on any atom is 0.311 e. The molecule has 3 heteroatoms. The zero-order valence-corrected chi connectivity index (χ0v) is 18.9. The summed E-state index contributed by atoms with van der Waals surface area (Å²) in [7, 11) is 0.811. The van der Waals surface area contributed by atoms with Gasteiger partial charge in [-0.2, -0.15) is 0 Å². The summed E-state index contributed by atoms with van der Waals surface area (Å²) in [6.45, 7) is 8.26. The van der Waals surface area contributed by atoms with Crippen molar-refractivity contribution in [3.63, 3.8) is 0 Å². The van der Waals surface area contributed by atoms with E-state index in [1.807, 2.05) is 38.1 Å². The molecule has 0 fully saturated rings. The molecule has 2 nitrogen and oxygen atoms in total. The van der Waals surface area contributed by atoms with Gasteiger partial charge in [0.05, 0.1) is 0 Å². The molecule has 0 N–H and O–H groups in total. The molecule has 0 aliphatic heterocycles. The van der Waals surface area contributed by atoms with Crippen molar-refractivity contribution in [1.29, 1.82) is 0 Å². The highest BCUT2D eigenvalue weighted by atomic mass is 31.1. The topological polar surface area (TPSA) is 26.3 Å². The molecule has 0 spiro atoms. The fraction of sp³-hybridized carbons (Fsp3) is 0.269. The first-order chi connectivity index (χ1) is 14.1. The number of ether oxygens (including phenoxy) is 1. The van der Waals surface area contributed by atoms with Gasteiger partial charge in [0.25, 0.3) is 0 Å². The molecule has 152 valence electrons. The molecule has 3 aromatic carbocycles. The first-order valence-electron chi connectivity index (χ1n) is 10.3. The van der Waals surface area contributed by atoms with Crippen molar-refractivity contribution in [2.45, 2.75) is 40.0 Å². The average molecular weight is 407 g/mol.